The van der Waals surface area contributed by atoms with Gasteiger partial charge >= 0.3 is 5.97 Å². The minimum absolute atomic E-state index is 0.0470. The van der Waals surface area contributed by atoms with E-state index in [9.17, 15) is 9.59 Å². The molecule has 0 aliphatic heterocycles. The Bertz CT molecular complexity index is 260. The van der Waals surface area contributed by atoms with Gasteiger partial charge in [-0.15, -0.1) is 0 Å². The second kappa shape index (κ2) is 4.61. The minimum Gasteiger partial charge on any atom is -0.480 e. The summed E-state index contributed by atoms with van der Waals surface area (Å²) in [5, 5.41) is 11.6. The molecule has 86 valence electrons. The van der Waals surface area contributed by atoms with E-state index in [0.717, 1.165) is 0 Å². The van der Waals surface area contributed by atoms with Crippen LogP contribution in [0.3, 0.4) is 0 Å². The molecule has 1 unspecified atom stereocenters. The van der Waals surface area contributed by atoms with Crippen molar-refractivity contribution in [1.82, 2.24) is 5.32 Å². The van der Waals surface area contributed by atoms with Gasteiger partial charge in [-0.3, -0.25) is 9.59 Å². The van der Waals surface area contributed by atoms with Crippen LogP contribution in [0.5, 0.6) is 0 Å². The summed E-state index contributed by atoms with van der Waals surface area (Å²) in [5.41, 5.74) is -1.14. The van der Waals surface area contributed by atoms with Gasteiger partial charge in [-0.2, -0.15) is 0 Å². The number of carbonyl (C=O) groups excluding carboxylic acids is 1. The van der Waals surface area contributed by atoms with Crippen LogP contribution in [0.1, 0.15) is 26.2 Å². The summed E-state index contributed by atoms with van der Waals surface area (Å²) in [7, 11) is 1.59. The molecule has 0 heterocycles. The van der Waals surface area contributed by atoms with Crippen LogP contribution in [0.15, 0.2) is 0 Å². The fourth-order valence-electron chi connectivity index (χ4n) is 1.39. The van der Waals surface area contributed by atoms with Crippen molar-refractivity contribution >= 4 is 11.9 Å². The third-order valence-corrected chi connectivity index (χ3v) is 2.73. The zero-order valence-corrected chi connectivity index (χ0v) is 9.08. The first kappa shape index (κ1) is 12.0. The number of amides is 1. The van der Waals surface area contributed by atoms with Crippen LogP contribution in [0.4, 0.5) is 0 Å². The number of hydrogen-bond acceptors (Lipinski definition) is 3. The van der Waals surface area contributed by atoms with Crippen molar-refractivity contribution in [3.8, 4) is 0 Å². The summed E-state index contributed by atoms with van der Waals surface area (Å²) in [6, 6.07) is -0.0470. The van der Waals surface area contributed by atoms with Crippen molar-refractivity contribution in [1.29, 1.82) is 0 Å². The zero-order chi connectivity index (χ0) is 11.5. The van der Waals surface area contributed by atoms with Gasteiger partial charge in [-0.1, -0.05) is 0 Å². The molecule has 1 rings (SSSR count). The lowest BCUT2D eigenvalue weighted by atomic mass is 10.1. The van der Waals surface area contributed by atoms with Crippen LogP contribution in [-0.4, -0.2) is 36.7 Å². The molecule has 1 atom stereocenters. The molecule has 1 aliphatic carbocycles. The van der Waals surface area contributed by atoms with Crippen molar-refractivity contribution < 1.29 is 19.4 Å². The molecular formula is C10H17NO4. The zero-order valence-electron chi connectivity index (χ0n) is 9.08. The first-order valence-electron chi connectivity index (χ1n) is 5.06. The third-order valence-electron chi connectivity index (χ3n) is 2.73. The van der Waals surface area contributed by atoms with E-state index in [1.807, 2.05) is 6.92 Å². The highest BCUT2D eigenvalue weighted by Gasteiger charge is 2.57. The van der Waals surface area contributed by atoms with E-state index in [2.05, 4.69) is 5.32 Å². The Kier molecular flexibility index (Phi) is 3.68. The van der Waals surface area contributed by atoms with Crippen LogP contribution < -0.4 is 5.32 Å². The predicted molar refractivity (Wildman–Crippen MR) is 53.4 cm³/mol. The minimum atomic E-state index is -1.14. The lowest BCUT2D eigenvalue weighted by Gasteiger charge is -2.16. The maximum Gasteiger partial charge on any atom is 0.319 e. The number of carboxylic acid groups (broad SMARTS) is 1. The molecule has 0 aromatic rings. The Balaban J connectivity index is 2.39. The van der Waals surface area contributed by atoms with Crippen molar-refractivity contribution in [2.45, 2.75) is 32.2 Å². The van der Waals surface area contributed by atoms with Crippen LogP contribution in [0.25, 0.3) is 0 Å². The van der Waals surface area contributed by atoms with Gasteiger partial charge in [0.2, 0.25) is 5.91 Å². The largest absolute Gasteiger partial charge is 0.480 e. The van der Waals surface area contributed by atoms with E-state index < -0.39 is 11.4 Å². The van der Waals surface area contributed by atoms with Crippen molar-refractivity contribution in [3.05, 3.63) is 0 Å². The number of methoxy groups -OCH3 is 1. The Hall–Kier alpha value is -1.10. The van der Waals surface area contributed by atoms with E-state index in [-0.39, 0.29) is 11.9 Å². The SMILES string of the molecule is COCCC(C)NC(=O)C1(C(=O)O)CC1. The molecule has 0 saturated heterocycles. The summed E-state index contributed by atoms with van der Waals surface area (Å²) in [6.07, 6.45) is 1.59. The molecule has 15 heavy (non-hydrogen) atoms. The van der Waals surface area contributed by atoms with E-state index in [4.69, 9.17) is 9.84 Å². The third kappa shape index (κ3) is 2.68. The van der Waals surface area contributed by atoms with Gasteiger partial charge in [0, 0.05) is 19.8 Å². The van der Waals surface area contributed by atoms with E-state index in [1.54, 1.807) is 7.11 Å². The second-order valence-corrected chi connectivity index (χ2v) is 4.04. The number of carbonyl (C=O) groups is 2. The number of hydrogen-bond donors (Lipinski definition) is 2. The van der Waals surface area contributed by atoms with Crippen LogP contribution in [0.2, 0.25) is 0 Å². The Morgan fingerprint density at radius 1 is 1.53 bits per heavy atom. The number of ether oxygens (including phenoxy) is 1. The van der Waals surface area contributed by atoms with Gasteiger partial charge in [0.25, 0.3) is 0 Å². The second-order valence-electron chi connectivity index (χ2n) is 4.04. The van der Waals surface area contributed by atoms with Crippen LogP contribution in [0, 0.1) is 5.41 Å². The number of rotatable bonds is 6. The Labute approximate surface area is 88.8 Å². The molecule has 1 amide bonds. The van der Waals surface area contributed by atoms with E-state index in [0.29, 0.717) is 25.9 Å². The lowest BCUT2D eigenvalue weighted by Crippen LogP contribution is -2.42. The van der Waals surface area contributed by atoms with E-state index >= 15 is 0 Å². The van der Waals surface area contributed by atoms with E-state index in [1.165, 1.54) is 0 Å². The van der Waals surface area contributed by atoms with Gasteiger partial charge < -0.3 is 15.2 Å². The molecule has 0 bridgehead atoms. The molecule has 0 aromatic carbocycles. The molecule has 2 N–H and O–H groups in total. The number of nitrogens with one attached hydrogen (secondary N) is 1. The van der Waals surface area contributed by atoms with Crippen molar-refractivity contribution in [2.24, 2.45) is 5.41 Å². The molecule has 0 spiro atoms. The molecular weight excluding hydrogens is 198 g/mol. The first-order chi connectivity index (χ1) is 7.03. The smallest absolute Gasteiger partial charge is 0.319 e. The number of carboxylic acids is 1. The average Bonchev–Trinajstić information content (AvgIpc) is 2.95. The molecule has 1 fully saturated rings. The van der Waals surface area contributed by atoms with Gasteiger partial charge in [-0.25, -0.2) is 0 Å². The molecule has 5 nitrogen and oxygen atoms in total. The molecule has 1 aliphatic rings. The fourth-order valence-corrected chi connectivity index (χ4v) is 1.39. The maximum atomic E-state index is 11.6. The summed E-state index contributed by atoms with van der Waals surface area (Å²) in [4.78, 5) is 22.4. The summed E-state index contributed by atoms with van der Waals surface area (Å²) >= 11 is 0. The average molecular weight is 215 g/mol. The summed E-state index contributed by atoms with van der Waals surface area (Å²) < 4.78 is 4.88. The van der Waals surface area contributed by atoms with Crippen molar-refractivity contribution in [3.63, 3.8) is 0 Å². The molecule has 0 radical (unpaired) electrons. The summed E-state index contributed by atoms with van der Waals surface area (Å²) in [5.74, 6) is -1.38. The van der Waals surface area contributed by atoms with Crippen molar-refractivity contribution in [2.75, 3.05) is 13.7 Å². The van der Waals surface area contributed by atoms with Crippen LogP contribution in [-0.2, 0) is 14.3 Å². The molecule has 1 saturated carbocycles. The lowest BCUT2D eigenvalue weighted by molar-refractivity contribution is -0.149. The highest BCUT2D eigenvalue weighted by atomic mass is 16.5. The highest BCUT2D eigenvalue weighted by Crippen LogP contribution is 2.46. The Morgan fingerprint density at radius 3 is 2.53 bits per heavy atom. The Morgan fingerprint density at radius 2 is 2.13 bits per heavy atom. The number of aliphatic carboxylic acids is 1. The standard InChI is InChI=1S/C10H17NO4/c1-7(3-6-15-2)11-8(12)10(4-5-10)9(13)14/h7H,3-6H2,1-2H3,(H,11,12)(H,13,14). The van der Waals surface area contributed by atoms with Crippen LogP contribution >= 0.6 is 0 Å². The van der Waals surface area contributed by atoms with Gasteiger partial charge in [-0.05, 0) is 26.2 Å². The van der Waals surface area contributed by atoms with Gasteiger partial charge in [0.15, 0.2) is 0 Å². The monoisotopic (exact) mass is 215 g/mol. The topological polar surface area (TPSA) is 75.6 Å². The van der Waals surface area contributed by atoms with Gasteiger partial charge in [0.05, 0.1) is 0 Å². The molecule has 5 heteroatoms. The van der Waals surface area contributed by atoms with Gasteiger partial charge in [0.1, 0.15) is 5.41 Å². The summed E-state index contributed by atoms with van der Waals surface area (Å²) in [6.45, 7) is 2.40. The first-order valence-corrected chi connectivity index (χ1v) is 5.06. The normalized spacial score (nSPS) is 19.3. The maximum absolute atomic E-state index is 11.6. The molecule has 0 aromatic heterocycles. The quantitative estimate of drug-likeness (QED) is 0.628. The fraction of sp³-hybridized carbons (Fsp3) is 0.800. The highest BCUT2D eigenvalue weighted by molar-refractivity contribution is 6.04. The predicted octanol–water partition coefficient (Wildman–Crippen LogP) is 0.392.